The van der Waals surface area contributed by atoms with Crippen LogP contribution in [0, 0.1) is 0 Å². The van der Waals surface area contributed by atoms with E-state index in [1.807, 2.05) is 18.2 Å². The molecule has 0 aliphatic carbocycles. The van der Waals surface area contributed by atoms with Gasteiger partial charge in [-0.25, -0.2) is 0 Å². The molecule has 0 aliphatic rings. The molecule has 0 spiro atoms. The Labute approximate surface area is 103 Å². The maximum Gasteiger partial charge on any atom is 0.0822 e. The van der Waals surface area contributed by atoms with Gasteiger partial charge in [0.05, 0.1) is 16.6 Å². The molecular formula is C13H18N2S. The van der Waals surface area contributed by atoms with Gasteiger partial charge in [-0.05, 0) is 31.9 Å². The van der Waals surface area contributed by atoms with Gasteiger partial charge in [-0.3, -0.25) is 4.98 Å². The number of hydrogen-bond acceptors (Lipinski definition) is 2. The van der Waals surface area contributed by atoms with E-state index in [-0.39, 0.29) is 5.92 Å². The van der Waals surface area contributed by atoms with Crippen molar-refractivity contribution in [2.75, 3.05) is 0 Å². The van der Waals surface area contributed by atoms with Crippen molar-refractivity contribution >= 4 is 17.2 Å². The fraction of sp³-hybridized carbons (Fsp3) is 0.385. The topological polar surface area (TPSA) is 38.9 Å². The fourth-order valence-electron chi connectivity index (χ4n) is 1.69. The Morgan fingerprint density at radius 1 is 1.56 bits per heavy atom. The van der Waals surface area contributed by atoms with Crippen LogP contribution in [0.1, 0.15) is 38.3 Å². The van der Waals surface area contributed by atoms with Crippen molar-refractivity contribution in [2.24, 2.45) is 5.73 Å². The average molecular weight is 234 g/mol. The molecule has 1 heterocycles. The summed E-state index contributed by atoms with van der Waals surface area (Å²) in [6.07, 6.45) is 5.88. The number of nitrogens with two attached hydrogens (primary N) is 1. The van der Waals surface area contributed by atoms with Crippen LogP contribution in [0.2, 0.25) is 0 Å². The van der Waals surface area contributed by atoms with E-state index in [9.17, 15) is 0 Å². The third-order valence-electron chi connectivity index (χ3n) is 2.47. The number of hydrogen-bond donors (Lipinski definition) is 1. The summed E-state index contributed by atoms with van der Waals surface area (Å²) in [5.41, 5.74) is 8.05. The quantitative estimate of drug-likeness (QED) is 0.628. The van der Waals surface area contributed by atoms with Crippen LogP contribution < -0.4 is 5.73 Å². The molecule has 16 heavy (non-hydrogen) atoms. The van der Waals surface area contributed by atoms with Crippen molar-refractivity contribution in [2.45, 2.75) is 32.6 Å². The van der Waals surface area contributed by atoms with Crippen LogP contribution in [0.4, 0.5) is 0 Å². The summed E-state index contributed by atoms with van der Waals surface area (Å²) in [7, 11) is 0. The molecule has 0 aromatic carbocycles. The number of rotatable bonds is 5. The van der Waals surface area contributed by atoms with Gasteiger partial charge in [-0.1, -0.05) is 36.9 Å². The Bertz CT molecular complexity index is 371. The van der Waals surface area contributed by atoms with E-state index in [4.69, 9.17) is 18.0 Å². The van der Waals surface area contributed by atoms with Gasteiger partial charge in [0, 0.05) is 6.20 Å². The summed E-state index contributed by atoms with van der Waals surface area (Å²) in [4.78, 5) is 4.84. The standard InChI is InChI=1S/C13H18N2S/c1-3-6-10(2)9-11(13(14)16)12-7-4-5-8-15-12/h4-8,11H,3,9H2,1-2H3,(H2,14,16). The molecule has 86 valence electrons. The first-order chi connectivity index (χ1) is 7.65. The normalized spacial score (nSPS) is 13.5. The Morgan fingerprint density at radius 2 is 2.31 bits per heavy atom. The highest BCUT2D eigenvalue weighted by Gasteiger charge is 2.15. The average Bonchev–Trinajstić information content (AvgIpc) is 2.27. The highest BCUT2D eigenvalue weighted by molar-refractivity contribution is 7.80. The van der Waals surface area contributed by atoms with E-state index in [0.29, 0.717) is 4.99 Å². The first kappa shape index (κ1) is 12.8. The molecular weight excluding hydrogens is 216 g/mol. The minimum atomic E-state index is 0.0546. The lowest BCUT2D eigenvalue weighted by Crippen LogP contribution is -2.20. The van der Waals surface area contributed by atoms with Crippen LogP contribution in [0.5, 0.6) is 0 Å². The highest BCUT2D eigenvalue weighted by Crippen LogP contribution is 2.22. The minimum Gasteiger partial charge on any atom is -0.393 e. The molecule has 2 nitrogen and oxygen atoms in total. The van der Waals surface area contributed by atoms with Gasteiger partial charge in [0.25, 0.3) is 0 Å². The first-order valence-electron chi connectivity index (χ1n) is 5.51. The molecule has 0 radical (unpaired) electrons. The van der Waals surface area contributed by atoms with Gasteiger partial charge < -0.3 is 5.73 Å². The third kappa shape index (κ3) is 3.74. The molecule has 0 bridgehead atoms. The van der Waals surface area contributed by atoms with Crippen molar-refractivity contribution in [3.05, 3.63) is 41.7 Å². The molecule has 1 aromatic rings. The van der Waals surface area contributed by atoms with Crippen molar-refractivity contribution in [3.63, 3.8) is 0 Å². The van der Waals surface area contributed by atoms with Crippen molar-refractivity contribution < 1.29 is 0 Å². The zero-order valence-corrected chi connectivity index (χ0v) is 10.6. The molecule has 0 amide bonds. The molecule has 0 aliphatic heterocycles. The van der Waals surface area contributed by atoms with Crippen molar-refractivity contribution in [1.82, 2.24) is 4.98 Å². The maximum absolute atomic E-state index is 5.78. The molecule has 1 unspecified atom stereocenters. The van der Waals surface area contributed by atoms with E-state index in [0.717, 1.165) is 18.5 Å². The third-order valence-corrected chi connectivity index (χ3v) is 2.75. The largest absolute Gasteiger partial charge is 0.393 e. The van der Waals surface area contributed by atoms with Gasteiger partial charge in [0.2, 0.25) is 0 Å². The lowest BCUT2D eigenvalue weighted by Gasteiger charge is -2.15. The zero-order valence-electron chi connectivity index (χ0n) is 9.81. The van der Waals surface area contributed by atoms with E-state index >= 15 is 0 Å². The summed E-state index contributed by atoms with van der Waals surface area (Å²) >= 11 is 5.11. The van der Waals surface area contributed by atoms with E-state index in [1.165, 1.54) is 5.57 Å². The van der Waals surface area contributed by atoms with E-state index in [1.54, 1.807) is 6.20 Å². The second-order valence-corrected chi connectivity index (χ2v) is 4.34. The predicted molar refractivity (Wildman–Crippen MR) is 72.4 cm³/mol. The summed E-state index contributed by atoms with van der Waals surface area (Å²) in [6.45, 7) is 4.23. The fourth-order valence-corrected chi connectivity index (χ4v) is 1.89. The van der Waals surface area contributed by atoms with Crippen LogP contribution in [0.25, 0.3) is 0 Å². The van der Waals surface area contributed by atoms with Crippen molar-refractivity contribution in [1.29, 1.82) is 0 Å². The maximum atomic E-state index is 5.78. The molecule has 0 saturated carbocycles. The Hall–Kier alpha value is -1.22. The molecule has 1 rings (SSSR count). The molecule has 0 saturated heterocycles. The van der Waals surface area contributed by atoms with Gasteiger partial charge >= 0.3 is 0 Å². The Kier molecular flexibility index (Phi) is 5.12. The lowest BCUT2D eigenvalue weighted by atomic mass is 9.96. The van der Waals surface area contributed by atoms with Gasteiger partial charge in [0.1, 0.15) is 0 Å². The van der Waals surface area contributed by atoms with Crippen LogP contribution in [0.15, 0.2) is 36.0 Å². The summed E-state index contributed by atoms with van der Waals surface area (Å²) < 4.78 is 0. The predicted octanol–water partition coefficient (Wildman–Crippen LogP) is 3.20. The number of thiocarbonyl (C=S) groups is 1. The molecule has 1 atom stereocenters. The van der Waals surface area contributed by atoms with Gasteiger partial charge in [0.15, 0.2) is 0 Å². The Balaban J connectivity index is 2.85. The molecule has 2 N–H and O–H groups in total. The summed E-state index contributed by atoms with van der Waals surface area (Å²) in [6, 6.07) is 5.84. The lowest BCUT2D eigenvalue weighted by molar-refractivity contribution is 0.827. The molecule has 3 heteroatoms. The first-order valence-corrected chi connectivity index (χ1v) is 5.91. The molecule has 0 fully saturated rings. The monoisotopic (exact) mass is 234 g/mol. The van der Waals surface area contributed by atoms with Gasteiger partial charge in [-0.15, -0.1) is 0 Å². The second kappa shape index (κ2) is 6.38. The summed E-state index contributed by atoms with van der Waals surface area (Å²) in [5, 5.41) is 0. The second-order valence-electron chi connectivity index (χ2n) is 3.87. The Morgan fingerprint density at radius 3 is 2.81 bits per heavy atom. The van der Waals surface area contributed by atoms with Crippen LogP contribution >= 0.6 is 12.2 Å². The number of nitrogens with zero attached hydrogens (tertiary/aromatic N) is 1. The van der Waals surface area contributed by atoms with Gasteiger partial charge in [-0.2, -0.15) is 0 Å². The van der Waals surface area contributed by atoms with Crippen LogP contribution in [0.3, 0.4) is 0 Å². The molecule has 1 aromatic heterocycles. The van der Waals surface area contributed by atoms with Crippen LogP contribution in [-0.4, -0.2) is 9.97 Å². The highest BCUT2D eigenvalue weighted by atomic mass is 32.1. The summed E-state index contributed by atoms with van der Waals surface area (Å²) in [5.74, 6) is 0.0546. The van der Waals surface area contributed by atoms with E-state index in [2.05, 4.69) is 24.9 Å². The number of pyridine rings is 1. The zero-order chi connectivity index (χ0) is 12.0. The number of allylic oxidation sites excluding steroid dienone is 2. The van der Waals surface area contributed by atoms with Crippen molar-refractivity contribution in [3.8, 4) is 0 Å². The van der Waals surface area contributed by atoms with Crippen LogP contribution in [-0.2, 0) is 0 Å². The number of aromatic nitrogens is 1. The minimum absolute atomic E-state index is 0.0546. The van der Waals surface area contributed by atoms with E-state index < -0.39 is 0 Å². The smallest absolute Gasteiger partial charge is 0.0822 e. The SMILES string of the molecule is CCC=C(C)CC(C(N)=S)c1ccccn1.